The Bertz CT molecular complexity index is 962. The second-order valence-electron chi connectivity index (χ2n) is 6.25. The Labute approximate surface area is 164 Å². The molecule has 0 spiro atoms. The van der Waals surface area contributed by atoms with Gasteiger partial charge in [0.1, 0.15) is 5.69 Å². The minimum atomic E-state index is -0.278. The number of H-pyrrole nitrogens is 1. The number of hydrogen-bond acceptors (Lipinski definition) is 6. The molecular weight excluding hydrogens is 352 g/mol. The number of nitrogens with zero attached hydrogens (tertiary/aromatic N) is 4. The zero-order valence-corrected chi connectivity index (χ0v) is 16.1. The molecule has 0 saturated heterocycles. The lowest BCUT2D eigenvalue weighted by Gasteiger charge is -2.20. The Morgan fingerprint density at radius 1 is 1.04 bits per heavy atom. The molecule has 3 rings (SSSR count). The first-order valence-electron chi connectivity index (χ1n) is 9.33. The van der Waals surface area contributed by atoms with Gasteiger partial charge in [0.15, 0.2) is 0 Å². The third-order valence-electron chi connectivity index (χ3n) is 4.38. The summed E-state index contributed by atoms with van der Waals surface area (Å²) >= 11 is 0. The predicted octanol–water partition coefficient (Wildman–Crippen LogP) is 3.05. The Balaban J connectivity index is 1.61. The molecule has 0 aliphatic rings. The van der Waals surface area contributed by atoms with Gasteiger partial charge in [0, 0.05) is 25.2 Å². The first kappa shape index (κ1) is 19.3. The highest BCUT2D eigenvalue weighted by molar-refractivity contribution is 5.80. The first-order chi connectivity index (χ1) is 13.7. The number of nitrogens with one attached hydrogen (secondary N) is 2. The summed E-state index contributed by atoms with van der Waals surface area (Å²) in [5.74, 6) is 0.206. The topological polar surface area (TPSA) is 86.3 Å². The Kier molecular flexibility index (Phi) is 6.51. The van der Waals surface area contributed by atoms with Crippen molar-refractivity contribution in [2.75, 3.05) is 23.4 Å². The molecule has 1 aromatic heterocycles. The van der Waals surface area contributed by atoms with Crippen LogP contribution in [0.5, 0.6) is 0 Å². The lowest BCUT2D eigenvalue weighted by molar-refractivity contribution is 0.866. The van der Waals surface area contributed by atoms with Gasteiger partial charge in [0.05, 0.1) is 6.21 Å². The fraction of sp³-hybridized carbons (Fsp3) is 0.238. The average Bonchev–Trinajstić information content (AvgIpc) is 2.73. The summed E-state index contributed by atoms with van der Waals surface area (Å²) in [6, 6.07) is 17.8. The van der Waals surface area contributed by atoms with Crippen molar-refractivity contribution in [2.24, 2.45) is 5.10 Å². The molecule has 0 radical (unpaired) electrons. The van der Waals surface area contributed by atoms with Crippen molar-refractivity contribution in [1.82, 2.24) is 15.2 Å². The number of benzene rings is 2. The minimum absolute atomic E-state index is 0.206. The van der Waals surface area contributed by atoms with Crippen LogP contribution in [0.15, 0.2) is 64.5 Å². The van der Waals surface area contributed by atoms with Crippen LogP contribution in [0.2, 0.25) is 0 Å². The van der Waals surface area contributed by atoms with E-state index < -0.39 is 0 Å². The van der Waals surface area contributed by atoms with Crippen molar-refractivity contribution < 1.29 is 0 Å². The predicted molar refractivity (Wildman–Crippen MR) is 113 cm³/mol. The van der Waals surface area contributed by atoms with E-state index in [1.54, 1.807) is 6.21 Å². The van der Waals surface area contributed by atoms with E-state index in [0.29, 0.717) is 12.1 Å². The van der Waals surface area contributed by atoms with Gasteiger partial charge in [-0.3, -0.25) is 9.78 Å². The van der Waals surface area contributed by atoms with Crippen LogP contribution in [0.4, 0.5) is 11.6 Å². The van der Waals surface area contributed by atoms with Gasteiger partial charge in [-0.15, -0.1) is 10.2 Å². The molecule has 0 aliphatic heterocycles. The SMILES string of the molecule is CCN(CC)c1ccc(/C=N\Nc2nnc(Cc3ccccc3)c(=O)[nH]2)cc1. The summed E-state index contributed by atoms with van der Waals surface area (Å²) in [6.07, 6.45) is 2.11. The highest BCUT2D eigenvalue weighted by Gasteiger charge is 2.05. The van der Waals surface area contributed by atoms with E-state index in [4.69, 9.17) is 0 Å². The lowest BCUT2D eigenvalue weighted by Crippen LogP contribution is -2.21. The summed E-state index contributed by atoms with van der Waals surface area (Å²) in [6.45, 7) is 6.21. The maximum atomic E-state index is 12.2. The highest BCUT2D eigenvalue weighted by atomic mass is 16.1. The van der Waals surface area contributed by atoms with E-state index >= 15 is 0 Å². The smallest absolute Gasteiger partial charge is 0.274 e. The molecule has 0 amide bonds. The molecule has 144 valence electrons. The van der Waals surface area contributed by atoms with E-state index in [1.165, 1.54) is 5.69 Å². The quantitative estimate of drug-likeness (QED) is 0.466. The molecule has 0 fully saturated rings. The summed E-state index contributed by atoms with van der Waals surface area (Å²) in [7, 11) is 0. The number of hydrogen-bond donors (Lipinski definition) is 2. The largest absolute Gasteiger partial charge is 0.372 e. The van der Waals surface area contributed by atoms with Crippen molar-refractivity contribution >= 4 is 17.9 Å². The molecule has 7 heteroatoms. The van der Waals surface area contributed by atoms with E-state index in [2.05, 4.69) is 56.6 Å². The van der Waals surface area contributed by atoms with Crippen LogP contribution in [-0.4, -0.2) is 34.5 Å². The summed E-state index contributed by atoms with van der Waals surface area (Å²) in [5.41, 5.74) is 5.94. The van der Waals surface area contributed by atoms with Crippen molar-refractivity contribution in [3.63, 3.8) is 0 Å². The zero-order valence-electron chi connectivity index (χ0n) is 16.1. The van der Waals surface area contributed by atoms with Crippen LogP contribution in [0.3, 0.4) is 0 Å². The first-order valence-corrected chi connectivity index (χ1v) is 9.33. The van der Waals surface area contributed by atoms with Gasteiger partial charge in [-0.2, -0.15) is 5.10 Å². The van der Waals surface area contributed by atoms with Crippen molar-refractivity contribution in [1.29, 1.82) is 0 Å². The molecule has 7 nitrogen and oxygen atoms in total. The third kappa shape index (κ3) is 5.03. The number of aromatic nitrogens is 3. The summed E-state index contributed by atoms with van der Waals surface area (Å²) < 4.78 is 0. The fourth-order valence-corrected chi connectivity index (χ4v) is 2.84. The fourth-order valence-electron chi connectivity index (χ4n) is 2.84. The molecule has 28 heavy (non-hydrogen) atoms. The molecule has 0 aliphatic carbocycles. The highest BCUT2D eigenvalue weighted by Crippen LogP contribution is 2.14. The zero-order chi connectivity index (χ0) is 19.8. The summed E-state index contributed by atoms with van der Waals surface area (Å²) in [5, 5.41) is 12.1. The Hall–Kier alpha value is -3.48. The lowest BCUT2D eigenvalue weighted by atomic mass is 10.1. The van der Waals surface area contributed by atoms with E-state index in [1.807, 2.05) is 42.5 Å². The molecule has 0 bridgehead atoms. The number of hydrazone groups is 1. The van der Waals surface area contributed by atoms with E-state index in [0.717, 1.165) is 24.2 Å². The van der Waals surface area contributed by atoms with Gasteiger partial charge in [-0.25, -0.2) is 5.43 Å². The van der Waals surface area contributed by atoms with Gasteiger partial charge in [-0.1, -0.05) is 42.5 Å². The molecule has 0 saturated carbocycles. The Morgan fingerprint density at radius 3 is 2.39 bits per heavy atom. The van der Waals surface area contributed by atoms with Gasteiger partial charge in [0.2, 0.25) is 5.95 Å². The maximum Gasteiger partial charge on any atom is 0.274 e. The monoisotopic (exact) mass is 376 g/mol. The normalized spacial score (nSPS) is 10.9. The van der Waals surface area contributed by atoms with Crippen LogP contribution in [0.1, 0.15) is 30.7 Å². The average molecular weight is 376 g/mol. The van der Waals surface area contributed by atoms with E-state index in [9.17, 15) is 4.79 Å². The van der Waals surface area contributed by atoms with Gasteiger partial charge >= 0.3 is 0 Å². The molecular formula is C21H24N6O. The Morgan fingerprint density at radius 2 is 1.75 bits per heavy atom. The summed E-state index contributed by atoms with van der Waals surface area (Å²) in [4.78, 5) is 17.1. The molecule has 2 N–H and O–H groups in total. The molecule has 0 atom stereocenters. The van der Waals surface area contributed by atoms with Crippen LogP contribution >= 0.6 is 0 Å². The van der Waals surface area contributed by atoms with Crippen LogP contribution in [-0.2, 0) is 6.42 Å². The second kappa shape index (κ2) is 9.45. The van der Waals surface area contributed by atoms with E-state index in [-0.39, 0.29) is 11.5 Å². The van der Waals surface area contributed by atoms with Crippen molar-refractivity contribution in [2.45, 2.75) is 20.3 Å². The van der Waals surface area contributed by atoms with Crippen LogP contribution in [0.25, 0.3) is 0 Å². The van der Waals surface area contributed by atoms with Crippen molar-refractivity contribution in [3.8, 4) is 0 Å². The number of aromatic amines is 1. The van der Waals surface area contributed by atoms with Gasteiger partial charge < -0.3 is 4.90 Å². The molecule has 0 unspecified atom stereocenters. The van der Waals surface area contributed by atoms with Crippen LogP contribution < -0.4 is 15.9 Å². The van der Waals surface area contributed by atoms with Crippen LogP contribution in [0, 0.1) is 0 Å². The van der Waals surface area contributed by atoms with Gasteiger partial charge in [0.25, 0.3) is 5.56 Å². The third-order valence-corrected chi connectivity index (χ3v) is 4.38. The maximum absolute atomic E-state index is 12.2. The molecule has 2 aromatic carbocycles. The minimum Gasteiger partial charge on any atom is -0.372 e. The number of anilines is 2. The van der Waals surface area contributed by atoms with Crippen molar-refractivity contribution in [3.05, 3.63) is 81.8 Å². The standard InChI is InChI=1S/C21H24N6O/c1-3-27(4-2)18-12-10-17(11-13-18)15-22-25-21-23-20(28)19(24-26-21)14-16-8-6-5-7-9-16/h5-13,15H,3-4,14H2,1-2H3,(H2,23,25,26,28)/b22-15-. The van der Waals surface area contributed by atoms with Gasteiger partial charge in [-0.05, 0) is 37.1 Å². The number of rotatable bonds is 8. The second-order valence-corrected chi connectivity index (χ2v) is 6.25. The molecule has 3 aromatic rings. The molecule has 1 heterocycles.